The number of thioether (sulfide) groups is 1. The Labute approximate surface area is 72.1 Å². The van der Waals surface area contributed by atoms with Crippen LogP contribution >= 0.6 is 11.8 Å². The van der Waals surface area contributed by atoms with Crippen LogP contribution in [0.4, 0.5) is 13.2 Å². The Kier molecular flexibility index (Phi) is 3.89. The molecule has 0 aliphatic carbocycles. The molecule has 0 amide bonds. The minimum absolute atomic E-state index is 0.481. The zero-order valence-corrected chi connectivity index (χ0v) is 7.37. The van der Waals surface area contributed by atoms with E-state index in [9.17, 15) is 18.0 Å². The van der Waals surface area contributed by atoms with E-state index in [1.807, 2.05) is 0 Å². The smallest absolute Gasteiger partial charge is 0.442 e. The number of carboxylic acid groups (broad SMARTS) is 1. The highest BCUT2D eigenvalue weighted by atomic mass is 32.2. The van der Waals surface area contributed by atoms with Gasteiger partial charge in [-0.1, -0.05) is 13.8 Å². The van der Waals surface area contributed by atoms with Gasteiger partial charge in [0.15, 0.2) is 0 Å². The summed E-state index contributed by atoms with van der Waals surface area (Å²) in [6.45, 7) is 2.88. The predicted molar refractivity (Wildman–Crippen MR) is 39.9 cm³/mol. The first-order valence-corrected chi connectivity index (χ1v) is 4.09. The second-order valence-corrected chi connectivity index (χ2v) is 3.77. The quantitative estimate of drug-likeness (QED) is 0.763. The summed E-state index contributed by atoms with van der Waals surface area (Å²) >= 11 is -0.481. The highest BCUT2D eigenvalue weighted by Gasteiger charge is 2.37. The van der Waals surface area contributed by atoms with E-state index in [1.54, 1.807) is 0 Å². The fourth-order valence-corrected chi connectivity index (χ4v) is 1.28. The Morgan fingerprint density at radius 3 is 1.92 bits per heavy atom. The molecule has 0 saturated heterocycles. The van der Waals surface area contributed by atoms with Gasteiger partial charge in [-0.05, 0) is 17.7 Å². The number of hydrogen-bond acceptors (Lipinski definition) is 2. The number of hydrogen-bond donors (Lipinski definition) is 1. The van der Waals surface area contributed by atoms with Crippen LogP contribution in [0.15, 0.2) is 0 Å². The molecule has 0 saturated carbocycles. The van der Waals surface area contributed by atoms with Crippen LogP contribution in [0.1, 0.15) is 13.8 Å². The van der Waals surface area contributed by atoms with Crippen molar-refractivity contribution in [1.29, 1.82) is 0 Å². The summed E-state index contributed by atoms with van der Waals surface area (Å²) in [5, 5.41) is 6.97. The van der Waals surface area contributed by atoms with Crippen molar-refractivity contribution in [2.75, 3.05) is 0 Å². The van der Waals surface area contributed by atoms with Gasteiger partial charge in [0.05, 0.1) is 0 Å². The molecule has 1 N–H and O–H groups in total. The summed E-state index contributed by atoms with van der Waals surface area (Å²) in [4.78, 5) is 10.3. The van der Waals surface area contributed by atoms with Gasteiger partial charge < -0.3 is 5.11 Å². The fraction of sp³-hybridized carbons (Fsp3) is 0.833. The molecule has 1 atom stereocenters. The van der Waals surface area contributed by atoms with E-state index in [1.165, 1.54) is 13.8 Å². The third-order valence-corrected chi connectivity index (χ3v) is 2.38. The van der Waals surface area contributed by atoms with Gasteiger partial charge >= 0.3 is 11.5 Å². The van der Waals surface area contributed by atoms with Crippen LogP contribution in [0.5, 0.6) is 0 Å². The zero-order valence-electron chi connectivity index (χ0n) is 6.55. The van der Waals surface area contributed by atoms with Gasteiger partial charge in [-0.2, -0.15) is 13.2 Å². The van der Waals surface area contributed by atoms with E-state index in [2.05, 4.69) is 0 Å². The molecule has 0 bridgehead atoms. The van der Waals surface area contributed by atoms with Crippen LogP contribution in [0.2, 0.25) is 0 Å². The standard InChI is InChI=1S/C6H9F3O2S/c1-3(2)4(5(10)11)12-6(7,8)9/h3-4H,1-2H3,(H,10,11). The summed E-state index contributed by atoms with van der Waals surface area (Å²) in [6, 6.07) is 0. The number of halogens is 3. The monoisotopic (exact) mass is 202 g/mol. The molecule has 0 rings (SSSR count). The molecule has 0 aromatic heterocycles. The van der Waals surface area contributed by atoms with Crippen LogP contribution in [0, 0.1) is 5.92 Å². The lowest BCUT2D eigenvalue weighted by Gasteiger charge is -2.16. The molecular weight excluding hydrogens is 193 g/mol. The molecule has 0 heterocycles. The van der Waals surface area contributed by atoms with E-state index >= 15 is 0 Å². The van der Waals surface area contributed by atoms with Gasteiger partial charge in [-0.3, -0.25) is 4.79 Å². The lowest BCUT2D eigenvalue weighted by atomic mass is 10.1. The molecule has 12 heavy (non-hydrogen) atoms. The lowest BCUT2D eigenvalue weighted by Crippen LogP contribution is -2.26. The van der Waals surface area contributed by atoms with Crippen molar-refractivity contribution in [1.82, 2.24) is 0 Å². The minimum atomic E-state index is -4.48. The third-order valence-electron chi connectivity index (χ3n) is 1.11. The average Bonchev–Trinajstić information content (AvgIpc) is 1.79. The summed E-state index contributed by atoms with van der Waals surface area (Å²) in [5.74, 6) is -1.96. The largest absolute Gasteiger partial charge is 0.480 e. The van der Waals surface area contributed by atoms with Crippen molar-refractivity contribution >= 4 is 17.7 Å². The molecule has 0 aliphatic heterocycles. The van der Waals surface area contributed by atoms with E-state index < -0.39 is 34.4 Å². The number of aliphatic carboxylic acids is 1. The number of carboxylic acids is 1. The summed E-state index contributed by atoms with van der Waals surface area (Å²) in [6.07, 6.45) is 0. The molecule has 0 aromatic rings. The zero-order chi connectivity index (χ0) is 9.94. The molecule has 0 aromatic carbocycles. The third kappa shape index (κ3) is 4.48. The van der Waals surface area contributed by atoms with E-state index in [0.29, 0.717) is 0 Å². The Bertz CT molecular complexity index is 167. The normalized spacial score (nSPS) is 14.8. The number of carbonyl (C=O) groups is 1. The maximum absolute atomic E-state index is 11.7. The fourth-order valence-electron chi connectivity index (χ4n) is 0.616. The van der Waals surface area contributed by atoms with E-state index in [4.69, 9.17) is 5.11 Å². The van der Waals surface area contributed by atoms with Crippen LogP contribution in [-0.2, 0) is 4.79 Å². The number of rotatable bonds is 3. The summed E-state index contributed by atoms with van der Waals surface area (Å²) in [7, 11) is 0. The highest BCUT2D eigenvalue weighted by molar-refractivity contribution is 8.01. The average molecular weight is 202 g/mol. The topological polar surface area (TPSA) is 37.3 Å². The van der Waals surface area contributed by atoms with Crippen molar-refractivity contribution < 1.29 is 23.1 Å². The van der Waals surface area contributed by atoms with Gasteiger partial charge in [0.2, 0.25) is 0 Å². The summed E-state index contributed by atoms with van der Waals surface area (Å²) in [5.41, 5.74) is -4.48. The maximum atomic E-state index is 11.7. The van der Waals surface area contributed by atoms with Gasteiger partial charge in [-0.25, -0.2) is 0 Å². The second kappa shape index (κ2) is 4.02. The van der Waals surface area contributed by atoms with Crippen molar-refractivity contribution in [3.05, 3.63) is 0 Å². The van der Waals surface area contributed by atoms with E-state index in [-0.39, 0.29) is 0 Å². The SMILES string of the molecule is CC(C)C(SC(F)(F)F)C(=O)O. The first-order chi connectivity index (χ1) is 5.24. The van der Waals surface area contributed by atoms with Crippen molar-refractivity contribution in [2.24, 2.45) is 5.92 Å². The molecule has 72 valence electrons. The first kappa shape index (κ1) is 11.6. The minimum Gasteiger partial charge on any atom is -0.480 e. The number of alkyl halides is 3. The van der Waals surface area contributed by atoms with Crippen LogP contribution in [0.25, 0.3) is 0 Å². The molecule has 0 aliphatic rings. The van der Waals surface area contributed by atoms with Crippen LogP contribution in [0.3, 0.4) is 0 Å². The van der Waals surface area contributed by atoms with Crippen molar-refractivity contribution in [2.45, 2.75) is 24.6 Å². The molecule has 0 fully saturated rings. The molecule has 1 unspecified atom stereocenters. The molecule has 2 nitrogen and oxygen atoms in total. The Balaban J connectivity index is 4.25. The summed E-state index contributed by atoms with van der Waals surface area (Å²) < 4.78 is 35.2. The Morgan fingerprint density at radius 1 is 1.42 bits per heavy atom. The van der Waals surface area contributed by atoms with Gasteiger partial charge in [0.1, 0.15) is 5.25 Å². The van der Waals surface area contributed by atoms with E-state index in [0.717, 1.165) is 0 Å². The first-order valence-electron chi connectivity index (χ1n) is 3.21. The Morgan fingerprint density at radius 2 is 1.83 bits per heavy atom. The van der Waals surface area contributed by atoms with Crippen molar-refractivity contribution in [3.8, 4) is 0 Å². The molecule has 0 spiro atoms. The van der Waals surface area contributed by atoms with Gasteiger partial charge in [0, 0.05) is 0 Å². The molecule has 6 heteroatoms. The van der Waals surface area contributed by atoms with Crippen LogP contribution < -0.4 is 0 Å². The van der Waals surface area contributed by atoms with Gasteiger partial charge in [-0.15, -0.1) is 0 Å². The highest BCUT2D eigenvalue weighted by Crippen LogP contribution is 2.36. The van der Waals surface area contributed by atoms with Gasteiger partial charge in [0.25, 0.3) is 0 Å². The maximum Gasteiger partial charge on any atom is 0.442 e. The van der Waals surface area contributed by atoms with Crippen molar-refractivity contribution in [3.63, 3.8) is 0 Å². The molecular formula is C6H9F3O2S. The predicted octanol–water partition coefficient (Wildman–Crippen LogP) is 2.35. The molecule has 0 radical (unpaired) electrons. The lowest BCUT2D eigenvalue weighted by molar-refractivity contribution is -0.137. The second-order valence-electron chi connectivity index (χ2n) is 2.57. The Hall–Kier alpha value is -0.390. The van der Waals surface area contributed by atoms with Crippen LogP contribution in [-0.4, -0.2) is 21.8 Å².